The van der Waals surface area contributed by atoms with E-state index in [4.69, 9.17) is 13.9 Å². The van der Waals surface area contributed by atoms with Gasteiger partial charge in [-0.2, -0.15) is 0 Å². The highest BCUT2D eigenvalue weighted by molar-refractivity contribution is 6.77. The first kappa shape index (κ1) is 21.1. The molecule has 0 radical (unpaired) electrons. The van der Waals surface area contributed by atoms with Crippen molar-refractivity contribution >= 4 is 8.32 Å². The zero-order valence-electron chi connectivity index (χ0n) is 15.6. The Labute approximate surface area is 133 Å². The summed E-state index contributed by atoms with van der Waals surface area (Å²) in [7, 11) is -1.72. The van der Waals surface area contributed by atoms with E-state index < -0.39 is 8.32 Å². The Morgan fingerprint density at radius 1 is 0.762 bits per heavy atom. The summed E-state index contributed by atoms with van der Waals surface area (Å²) in [5.74, 6) is 0. The Morgan fingerprint density at radius 2 is 1.19 bits per heavy atom. The first-order valence-corrected chi connectivity index (χ1v) is 10.8. The molecule has 0 atom stereocenters. The Hall–Kier alpha value is 0.0969. The van der Waals surface area contributed by atoms with Gasteiger partial charge in [0.05, 0.1) is 0 Å². The summed E-state index contributed by atoms with van der Waals surface area (Å²) in [6, 6.07) is 0. The van der Waals surface area contributed by atoms with Crippen LogP contribution in [0.1, 0.15) is 68.2 Å². The van der Waals surface area contributed by atoms with E-state index >= 15 is 0 Å². The van der Waals surface area contributed by atoms with Gasteiger partial charge in [-0.25, -0.2) is 0 Å². The Kier molecular flexibility index (Phi) is 10.8. The Bertz CT molecular complexity index is 227. The van der Waals surface area contributed by atoms with Crippen LogP contribution in [0.5, 0.6) is 0 Å². The van der Waals surface area contributed by atoms with Gasteiger partial charge < -0.3 is 13.9 Å². The maximum atomic E-state index is 6.55. The molecule has 0 bridgehead atoms. The van der Waals surface area contributed by atoms with Gasteiger partial charge in [0.25, 0.3) is 0 Å². The quantitative estimate of drug-likeness (QED) is 0.275. The van der Waals surface area contributed by atoms with Crippen molar-refractivity contribution in [2.45, 2.75) is 91.1 Å². The van der Waals surface area contributed by atoms with E-state index in [0.717, 1.165) is 19.4 Å². The molecule has 128 valence electrons. The highest BCUT2D eigenvalue weighted by Gasteiger charge is 2.44. The molecule has 4 heteroatoms. The van der Waals surface area contributed by atoms with Crippen LogP contribution in [0.3, 0.4) is 0 Å². The van der Waals surface area contributed by atoms with Crippen molar-refractivity contribution in [3.05, 3.63) is 0 Å². The molecule has 0 rings (SSSR count). The number of ether oxygens (including phenoxy) is 2. The minimum Gasteiger partial charge on any atom is -0.416 e. The fourth-order valence-corrected chi connectivity index (χ4v) is 9.08. The van der Waals surface area contributed by atoms with Crippen LogP contribution in [-0.4, -0.2) is 34.4 Å². The molecule has 0 aliphatic heterocycles. The lowest BCUT2D eigenvalue weighted by atomic mass is 10.3. The molecule has 0 amide bonds. The van der Waals surface area contributed by atoms with Gasteiger partial charge in [0.15, 0.2) is 14.6 Å². The van der Waals surface area contributed by atoms with E-state index in [1.807, 2.05) is 13.8 Å². The van der Waals surface area contributed by atoms with Crippen LogP contribution >= 0.6 is 0 Å². The maximum Gasteiger partial charge on any atom is 0.200 e. The maximum absolute atomic E-state index is 6.55. The second-order valence-corrected chi connectivity index (χ2v) is 12.1. The van der Waals surface area contributed by atoms with Crippen molar-refractivity contribution < 1.29 is 13.9 Å². The molecule has 0 N–H and O–H groups in total. The zero-order chi connectivity index (χ0) is 16.5. The first-order chi connectivity index (χ1) is 9.82. The van der Waals surface area contributed by atoms with Gasteiger partial charge in [0, 0.05) is 26.2 Å². The Morgan fingerprint density at radius 3 is 1.52 bits per heavy atom. The molecule has 0 aliphatic rings. The fraction of sp³-hybridized carbons (Fsp3) is 1.00. The molecule has 0 aromatic carbocycles. The van der Waals surface area contributed by atoms with E-state index in [2.05, 4.69) is 41.5 Å². The number of rotatable bonds is 12. The van der Waals surface area contributed by atoms with Crippen molar-refractivity contribution in [3.8, 4) is 0 Å². The first-order valence-electron chi connectivity index (χ1n) is 8.69. The van der Waals surface area contributed by atoms with Gasteiger partial charge in [-0.3, -0.25) is 0 Å². The van der Waals surface area contributed by atoms with Crippen molar-refractivity contribution in [2.24, 2.45) is 0 Å². The van der Waals surface area contributed by atoms with Crippen LogP contribution in [0.15, 0.2) is 0 Å². The topological polar surface area (TPSA) is 27.7 Å². The minimum absolute atomic E-state index is 0.0724. The molecular formula is C17H38O3Si. The summed E-state index contributed by atoms with van der Waals surface area (Å²) >= 11 is 0. The van der Waals surface area contributed by atoms with Gasteiger partial charge in [-0.15, -0.1) is 0 Å². The smallest absolute Gasteiger partial charge is 0.200 e. The third-order valence-electron chi connectivity index (χ3n) is 4.35. The predicted octanol–water partition coefficient (Wildman–Crippen LogP) is 5.36. The SMILES string of the molecule is CCOC(CCCO[Si](C(C)C)(C(C)C)C(C)C)OCC. The number of hydrogen-bond acceptors (Lipinski definition) is 3. The van der Waals surface area contributed by atoms with Crippen LogP contribution < -0.4 is 0 Å². The largest absolute Gasteiger partial charge is 0.416 e. The normalized spacial score (nSPS) is 13.1. The molecule has 0 fully saturated rings. The summed E-state index contributed by atoms with van der Waals surface area (Å²) in [6.07, 6.45) is 1.85. The van der Waals surface area contributed by atoms with Crippen molar-refractivity contribution in [1.29, 1.82) is 0 Å². The molecule has 0 aromatic heterocycles. The lowest BCUT2D eigenvalue weighted by Gasteiger charge is -2.42. The lowest BCUT2D eigenvalue weighted by Crippen LogP contribution is -2.48. The van der Waals surface area contributed by atoms with Crippen molar-refractivity contribution in [3.63, 3.8) is 0 Å². The molecule has 0 heterocycles. The van der Waals surface area contributed by atoms with Crippen LogP contribution in [0.25, 0.3) is 0 Å². The third kappa shape index (κ3) is 6.39. The summed E-state index contributed by atoms with van der Waals surface area (Å²) in [5.41, 5.74) is 1.94. The molecular weight excluding hydrogens is 280 g/mol. The van der Waals surface area contributed by atoms with Crippen LogP contribution in [0.2, 0.25) is 16.6 Å². The van der Waals surface area contributed by atoms with E-state index in [9.17, 15) is 0 Å². The summed E-state index contributed by atoms with van der Waals surface area (Å²) in [5, 5.41) is 0. The fourth-order valence-electron chi connectivity index (χ4n) is 3.59. The second-order valence-electron chi connectivity index (χ2n) is 6.65. The molecule has 3 nitrogen and oxygen atoms in total. The van der Waals surface area contributed by atoms with Crippen molar-refractivity contribution in [2.75, 3.05) is 19.8 Å². The summed E-state index contributed by atoms with van der Waals surface area (Å²) < 4.78 is 17.7. The molecule has 21 heavy (non-hydrogen) atoms. The Balaban J connectivity index is 4.44. The molecule has 0 unspecified atom stereocenters. The van der Waals surface area contributed by atoms with Gasteiger partial charge in [0.1, 0.15) is 0 Å². The molecule has 0 aromatic rings. The monoisotopic (exact) mass is 318 g/mol. The average molecular weight is 319 g/mol. The van der Waals surface area contributed by atoms with E-state index in [1.165, 1.54) is 0 Å². The lowest BCUT2D eigenvalue weighted by molar-refractivity contribution is -0.140. The summed E-state index contributed by atoms with van der Waals surface area (Å²) in [4.78, 5) is 0. The average Bonchev–Trinajstić information content (AvgIpc) is 2.37. The number of hydrogen-bond donors (Lipinski definition) is 0. The minimum atomic E-state index is -1.72. The standard InChI is InChI=1S/C17H38O3Si/c1-9-18-17(19-10-2)12-11-13-20-21(14(3)4,15(5)6)16(7)8/h14-17H,9-13H2,1-8H3. The second kappa shape index (κ2) is 10.8. The molecule has 0 spiro atoms. The van der Waals surface area contributed by atoms with Gasteiger partial charge in [-0.1, -0.05) is 41.5 Å². The van der Waals surface area contributed by atoms with E-state index in [-0.39, 0.29) is 6.29 Å². The highest BCUT2D eigenvalue weighted by atomic mass is 28.4. The molecule has 0 saturated heterocycles. The van der Waals surface area contributed by atoms with Gasteiger partial charge in [-0.05, 0) is 36.9 Å². The van der Waals surface area contributed by atoms with Crippen molar-refractivity contribution in [1.82, 2.24) is 0 Å². The highest BCUT2D eigenvalue weighted by Crippen LogP contribution is 2.42. The van der Waals surface area contributed by atoms with E-state index in [1.54, 1.807) is 0 Å². The van der Waals surface area contributed by atoms with Crippen LogP contribution in [0, 0.1) is 0 Å². The predicted molar refractivity (Wildman–Crippen MR) is 93.3 cm³/mol. The van der Waals surface area contributed by atoms with Gasteiger partial charge >= 0.3 is 0 Å². The molecule has 0 aliphatic carbocycles. The van der Waals surface area contributed by atoms with Crippen LogP contribution in [-0.2, 0) is 13.9 Å². The van der Waals surface area contributed by atoms with Gasteiger partial charge in [0.2, 0.25) is 0 Å². The summed E-state index contributed by atoms with van der Waals surface area (Å²) in [6.45, 7) is 20.2. The zero-order valence-corrected chi connectivity index (χ0v) is 16.6. The van der Waals surface area contributed by atoms with E-state index in [0.29, 0.717) is 29.8 Å². The van der Waals surface area contributed by atoms with Crippen LogP contribution in [0.4, 0.5) is 0 Å². The third-order valence-corrected chi connectivity index (χ3v) is 10.5. The molecule has 0 saturated carbocycles.